The number of carbonyl (C=O) groups excluding carboxylic acids is 1. The minimum absolute atomic E-state index is 0.0380. The molecule has 0 aliphatic rings. The molecule has 1 atom stereocenters. The Morgan fingerprint density at radius 3 is 2.36 bits per heavy atom. The Morgan fingerprint density at radius 2 is 2.09 bits per heavy atom. The molecule has 0 aliphatic carbocycles. The molecule has 0 fully saturated rings. The molecule has 0 N–H and O–H groups in total. The summed E-state index contributed by atoms with van der Waals surface area (Å²) in [6, 6.07) is 0. The van der Waals surface area contributed by atoms with Crippen molar-refractivity contribution in [3.05, 3.63) is 0 Å². The lowest BCUT2D eigenvalue weighted by molar-refractivity contribution is -0.130. The number of carbonyl (C=O) groups is 1. The van der Waals surface area contributed by atoms with Crippen molar-refractivity contribution in [3.63, 3.8) is 0 Å². The van der Waals surface area contributed by atoms with Crippen LogP contribution in [-0.2, 0) is 4.79 Å². The summed E-state index contributed by atoms with van der Waals surface area (Å²) in [7, 11) is 0. The van der Waals surface area contributed by atoms with Crippen molar-refractivity contribution in [2.24, 2.45) is 0 Å². The van der Waals surface area contributed by atoms with Gasteiger partial charge in [-0.15, -0.1) is 11.6 Å². The van der Waals surface area contributed by atoms with Gasteiger partial charge in [0, 0.05) is 13.1 Å². The van der Waals surface area contributed by atoms with E-state index in [0.29, 0.717) is 0 Å². The zero-order chi connectivity index (χ0) is 8.85. The van der Waals surface area contributed by atoms with Crippen LogP contribution in [0.5, 0.6) is 0 Å². The van der Waals surface area contributed by atoms with E-state index in [4.69, 9.17) is 11.6 Å². The van der Waals surface area contributed by atoms with Gasteiger partial charge in [-0.05, 0) is 20.3 Å². The summed E-state index contributed by atoms with van der Waals surface area (Å²) >= 11 is 5.65. The minimum Gasteiger partial charge on any atom is -0.342 e. The molecule has 0 aromatic rings. The van der Waals surface area contributed by atoms with Gasteiger partial charge in [-0.1, -0.05) is 6.92 Å². The van der Waals surface area contributed by atoms with Crippen LogP contribution in [0.1, 0.15) is 27.2 Å². The summed E-state index contributed by atoms with van der Waals surface area (Å²) < 4.78 is 0. The fourth-order valence-electron chi connectivity index (χ4n) is 0.946. The normalized spacial score (nSPS) is 12.7. The second kappa shape index (κ2) is 5.42. The molecule has 0 saturated carbocycles. The van der Waals surface area contributed by atoms with Crippen LogP contribution in [0.2, 0.25) is 0 Å². The Labute approximate surface area is 73.5 Å². The van der Waals surface area contributed by atoms with Crippen molar-refractivity contribution < 1.29 is 4.79 Å². The molecule has 0 saturated heterocycles. The minimum atomic E-state index is -0.388. The van der Waals surface area contributed by atoms with Gasteiger partial charge in [0.05, 0.1) is 0 Å². The van der Waals surface area contributed by atoms with Crippen molar-refractivity contribution in [2.45, 2.75) is 32.6 Å². The molecule has 66 valence electrons. The first-order valence-electron chi connectivity index (χ1n) is 4.06. The van der Waals surface area contributed by atoms with Crippen molar-refractivity contribution >= 4 is 17.5 Å². The maximum atomic E-state index is 11.3. The third-order valence-electron chi connectivity index (χ3n) is 1.53. The number of alkyl halides is 1. The molecule has 0 rings (SSSR count). The molecule has 11 heavy (non-hydrogen) atoms. The molecule has 1 amide bonds. The van der Waals surface area contributed by atoms with Crippen LogP contribution >= 0.6 is 11.6 Å². The fourth-order valence-corrected chi connectivity index (χ4v) is 1.08. The van der Waals surface area contributed by atoms with Crippen LogP contribution in [0, 0.1) is 0 Å². The number of rotatable bonds is 4. The Hall–Kier alpha value is -0.240. The van der Waals surface area contributed by atoms with Gasteiger partial charge in [0.2, 0.25) is 5.91 Å². The number of hydrogen-bond donors (Lipinski definition) is 0. The second-order valence-corrected chi connectivity index (χ2v) is 3.19. The van der Waals surface area contributed by atoms with Crippen molar-refractivity contribution in [1.29, 1.82) is 0 Å². The molecule has 1 unspecified atom stereocenters. The zero-order valence-corrected chi connectivity index (χ0v) is 8.19. The van der Waals surface area contributed by atoms with E-state index in [1.165, 1.54) is 0 Å². The molecule has 3 heteroatoms. The lowest BCUT2D eigenvalue weighted by atomic mass is 10.3. The van der Waals surface area contributed by atoms with Crippen LogP contribution in [-0.4, -0.2) is 29.3 Å². The molecule has 0 bridgehead atoms. The molecule has 0 radical (unpaired) electrons. The highest BCUT2D eigenvalue weighted by Crippen LogP contribution is 2.01. The molecular formula is C8H16ClNO. The maximum Gasteiger partial charge on any atom is 0.240 e. The third kappa shape index (κ3) is 3.61. The van der Waals surface area contributed by atoms with E-state index in [1.807, 2.05) is 6.92 Å². The number of halogens is 1. The fraction of sp³-hybridized carbons (Fsp3) is 0.875. The Balaban J connectivity index is 3.92. The first-order valence-corrected chi connectivity index (χ1v) is 4.50. The van der Waals surface area contributed by atoms with E-state index in [9.17, 15) is 4.79 Å². The molecule has 0 aliphatic heterocycles. The summed E-state index contributed by atoms with van der Waals surface area (Å²) in [4.78, 5) is 13.0. The number of nitrogens with zero attached hydrogens (tertiary/aromatic N) is 1. The van der Waals surface area contributed by atoms with Crippen LogP contribution in [0.4, 0.5) is 0 Å². The molecule has 2 nitrogen and oxygen atoms in total. The second-order valence-electron chi connectivity index (χ2n) is 2.53. The van der Waals surface area contributed by atoms with Gasteiger partial charge in [0.25, 0.3) is 0 Å². The first-order chi connectivity index (χ1) is 5.13. The molecule has 0 aromatic heterocycles. The Kier molecular flexibility index (Phi) is 5.30. The van der Waals surface area contributed by atoms with E-state index >= 15 is 0 Å². The monoisotopic (exact) mass is 177 g/mol. The van der Waals surface area contributed by atoms with Crippen LogP contribution in [0.25, 0.3) is 0 Å². The van der Waals surface area contributed by atoms with Crippen molar-refractivity contribution in [2.75, 3.05) is 13.1 Å². The van der Waals surface area contributed by atoms with Gasteiger partial charge in [0.15, 0.2) is 0 Å². The Bertz CT molecular complexity index is 125. The summed E-state index contributed by atoms with van der Waals surface area (Å²) in [5, 5.41) is -0.388. The SMILES string of the molecule is CCCN(CC)C(=O)C(C)Cl. The zero-order valence-electron chi connectivity index (χ0n) is 7.43. The van der Waals surface area contributed by atoms with Crippen LogP contribution in [0.15, 0.2) is 0 Å². The van der Waals surface area contributed by atoms with Gasteiger partial charge in [-0.2, -0.15) is 0 Å². The summed E-state index contributed by atoms with van der Waals surface area (Å²) in [5.74, 6) is 0.0380. The lowest BCUT2D eigenvalue weighted by Gasteiger charge is -2.20. The molecule has 0 spiro atoms. The summed E-state index contributed by atoms with van der Waals surface area (Å²) in [6.07, 6.45) is 0.989. The van der Waals surface area contributed by atoms with E-state index in [0.717, 1.165) is 19.5 Å². The van der Waals surface area contributed by atoms with Gasteiger partial charge in [-0.25, -0.2) is 0 Å². The quantitative estimate of drug-likeness (QED) is 0.601. The van der Waals surface area contributed by atoms with Crippen molar-refractivity contribution in [1.82, 2.24) is 4.90 Å². The predicted molar refractivity (Wildman–Crippen MR) is 47.9 cm³/mol. The van der Waals surface area contributed by atoms with E-state index in [1.54, 1.807) is 11.8 Å². The lowest BCUT2D eigenvalue weighted by Crippen LogP contribution is -2.36. The van der Waals surface area contributed by atoms with E-state index in [2.05, 4.69) is 6.92 Å². The average molecular weight is 178 g/mol. The van der Waals surface area contributed by atoms with Crippen LogP contribution < -0.4 is 0 Å². The average Bonchev–Trinajstić information content (AvgIpc) is 1.98. The van der Waals surface area contributed by atoms with Gasteiger partial charge < -0.3 is 4.90 Å². The standard InChI is InChI=1S/C8H16ClNO/c1-4-6-10(5-2)8(11)7(3)9/h7H,4-6H2,1-3H3. The van der Waals surface area contributed by atoms with Gasteiger partial charge in [0.1, 0.15) is 5.38 Å². The highest BCUT2D eigenvalue weighted by atomic mass is 35.5. The first kappa shape index (κ1) is 10.8. The van der Waals surface area contributed by atoms with E-state index in [-0.39, 0.29) is 11.3 Å². The summed E-state index contributed by atoms with van der Waals surface area (Å²) in [5.41, 5.74) is 0. The third-order valence-corrected chi connectivity index (χ3v) is 1.71. The molecule has 0 aromatic carbocycles. The Morgan fingerprint density at radius 1 is 1.55 bits per heavy atom. The summed E-state index contributed by atoms with van der Waals surface area (Å²) in [6.45, 7) is 7.29. The van der Waals surface area contributed by atoms with Crippen molar-refractivity contribution in [3.8, 4) is 0 Å². The smallest absolute Gasteiger partial charge is 0.240 e. The van der Waals surface area contributed by atoms with E-state index < -0.39 is 0 Å². The predicted octanol–water partition coefficient (Wildman–Crippen LogP) is 1.87. The number of amides is 1. The highest BCUT2D eigenvalue weighted by Gasteiger charge is 2.15. The largest absolute Gasteiger partial charge is 0.342 e. The maximum absolute atomic E-state index is 11.3. The molecule has 0 heterocycles. The number of hydrogen-bond acceptors (Lipinski definition) is 1. The van der Waals surface area contributed by atoms with Crippen LogP contribution in [0.3, 0.4) is 0 Å². The highest BCUT2D eigenvalue weighted by molar-refractivity contribution is 6.30. The van der Waals surface area contributed by atoms with Gasteiger partial charge in [-0.3, -0.25) is 4.79 Å². The topological polar surface area (TPSA) is 20.3 Å². The molecular weight excluding hydrogens is 162 g/mol. The van der Waals surface area contributed by atoms with Gasteiger partial charge >= 0.3 is 0 Å².